The predicted molar refractivity (Wildman–Crippen MR) is 222 cm³/mol. The predicted octanol–water partition coefficient (Wildman–Crippen LogP) is 12.0. The van der Waals surface area contributed by atoms with Crippen LogP contribution in [0.1, 0.15) is 206 Å². The van der Waals surface area contributed by atoms with Crippen LogP contribution in [0.5, 0.6) is 0 Å². The Kier molecular flexibility index (Phi) is 35.4. The molecule has 52 heavy (non-hydrogen) atoms. The van der Waals surface area contributed by atoms with Gasteiger partial charge in [0.1, 0.15) is 13.2 Å². The zero-order chi connectivity index (χ0) is 38.6. The molecule has 0 aromatic heterocycles. The third-order valence-electron chi connectivity index (χ3n) is 10.0. The molecule has 0 saturated heterocycles. The fourth-order valence-corrected chi connectivity index (χ4v) is 7.34. The minimum Gasteiger partial charge on any atom is -0.387 e. The SMILES string of the molecule is CCCCCCCCCCCCCCCCCCCCCCCCCCCCCCC/C=C/C(O)C(COP(=O)(O)OCC[N+](C)(C)C)NC(C)=O. The lowest BCUT2D eigenvalue weighted by Gasteiger charge is -2.25. The monoisotopic (exact) mass is 760 g/mol. The average molecular weight is 760 g/mol. The maximum Gasteiger partial charge on any atom is 0.472 e. The van der Waals surface area contributed by atoms with Gasteiger partial charge >= 0.3 is 7.82 Å². The Morgan fingerprint density at radius 3 is 1.31 bits per heavy atom. The molecule has 0 aliphatic rings. The molecule has 0 spiro atoms. The van der Waals surface area contributed by atoms with E-state index in [2.05, 4.69) is 12.2 Å². The van der Waals surface area contributed by atoms with Crippen LogP contribution in [0.25, 0.3) is 0 Å². The van der Waals surface area contributed by atoms with Gasteiger partial charge in [-0.05, 0) is 12.8 Å². The summed E-state index contributed by atoms with van der Waals surface area (Å²) in [6, 6.07) is -0.843. The van der Waals surface area contributed by atoms with Gasteiger partial charge in [-0.3, -0.25) is 13.8 Å². The average Bonchev–Trinajstić information content (AvgIpc) is 3.08. The minimum absolute atomic E-state index is 0.0597. The lowest BCUT2D eigenvalue weighted by atomic mass is 10.0. The molecule has 1 amide bonds. The number of hydrogen-bond donors (Lipinski definition) is 3. The Morgan fingerprint density at radius 2 is 0.981 bits per heavy atom. The molecule has 0 aliphatic heterocycles. The fraction of sp³-hybridized carbons (Fsp3) is 0.930. The number of carbonyl (C=O) groups is 1. The van der Waals surface area contributed by atoms with E-state index >= 15 is 0 Å². The van der Waals surface area contributed by atoms with E-state index in [-0.39, 0.29) is 19.1 Å². The number of phosphoric acid groups is 1. The van der Waals surface area contributed by atoms with Crippen molar-refractivity contribution in [2.45, 2.75) is 219 Å². The molecular formula is C43H88N2O6P+. The number of carbonyl (C=O) groups excluding carboxylic acids is 1. The van der Waals surface area contributed by atoms with Crippen LogP contribution in [0.3, 0.4) is 0 Å². The van der Waals surface area contributed by atoms with Crippen molar-refractivity contribution in [3.05, 3.63) is 12.2 Å². The third kappa shape index (κ3) is 38.9. The van der Waals surface area contributed by atoms with Crippen LogP contribution in [0, 0.1) is 0 Å². The highest BCUT2D eigenvalue weighted by Gasteiger charge is 2.27. The summed E-state index contributed by atoms with van der Waals surface area (Å²) in [5, 5.41) is 13.2. The second kappa shape index (κ2) is 35.9. The van der Waals surface area contributed by atoms with Gasteiger partial charge in [0.25, 0.3) is 0 Å². The molecule has 8 nitrogen and oxygen atoms in total. The molecule has 310 valence electrons. The van der Waals surface area contributed by atoms with Crippen molar-refractivity contribution in [1.29, 1.82) is 0 Å². The van der Waals surface area contributed by atoms with Crippen LogP contribution in [-0.2, 0) is 18.4 Å². The summed E-state index contributed by atoms with van der Waals surface area (Å²) >= 11 is 0. The fourth-order valence-electron chi connectivity index (χ4n) is 6.61. The Labute approximate surface area is 322 Å². The van der Waals surface area contributed by atoms with E-state index in [0.29, 0.717) is 11.0 Å². The number of quaternary nitrogens is 1. The zero-order valence-electron chi connectivity index (χ0n) is 35.1. The van der Waals surface area contributed by atoms with Crippen LogP contribution in [0.4, 0.5) is 0 Å². The van der Waals surface area contributed by atoms with Gasteiger partial charge in [-0.1, -0.05) is 199 Å². The Hall–Kier alpha value is -0.760. The van der Waals surface area contributed by atoms with Gasteiger partial charge in [0.05, 0.1) is 39.9 Å². The van der Waals surface area contributed by atoms with Gasteiger partial charge in [0.2, 0.25) is 5.91 Å². The number of amides is 1. The molecule has 0 bridgehead atoms. The number of nitrogens with one attached hydrogen (secondary N) is 1. The first-order valence-corrected chi connectivity index (χ1v) is 23.5. The van der Waals surface area contributed by atoms with Gasteiger partial charge < -0.3 is 19.8 Å². The van der Waals surface area contributed by atoms with Crippen molar-refractivity contribution in [2.75, 3.05) is 40.9 Å². The van der Waals surface area contributed by atoms with E-state index in [9.17, 15) is 19.4 Å². The summed E-state index contributed by atoms with van der Waals surface area (Å²) in [4.78, 5) is 21.6. The van der Waals surface area contributed by atoms with Crippen molar-refractivity contribution >= 4 is 13.7 Å². The summed E-state index contributed by atoms with van der Waals surface area (Å²) in [6.07, 6.45) is 43.8. The minimum atomic E-state index is -4.29. The van der Waals surface area contributed by atoms with E-state index in [0.717, 1.165) is 19.3 Å². The molecule has 3 atom stereocenters. The number of aliphatic hydroxyl groups excluding tert-OH is 1. The summed E-state index contributed by atoms with van der Waals surface area (Å²) in [7, 11) is 1.57. The topological polar surface area (TPSA) is 105 Å². The lowest BCUT2D eigenvalue weighted by Crippen LogP contribution is -2.44. The second-order valence-corrected chi connectivity index (χ2v) is 18.0. The highest BCUT2D eigenvalue weighted by molar-refractivity contribution is 7.47. The van der Waals surface area contributed by atoms with Crippen molar-refractivity contribution < 1.29 is 32.9 Å². The van der Waals surface area contributed by atoms with E-state index in [1.54, 1.807) is 6.08 Å². The number of rotatable bonds is 40. The van der Waals surface area contributed by atoms with E-state index in [4.69, 9.17) is 9.05 Å². The molecule has 3 unspecified atom stereocenters. The summed E-state index contributed by atoms with van der Waals surface area (Å²) in [5.41, 5.74) is 0. The number of aliphatic hydroxyl groups is 1. The number of phosphoric ester groups is 1. The molecule has 0 aromatic rings. The van der Waals surface area contributed by atoms with E-state index < -0.39 is 20.0 Å². The first-order chi connectivity index (χ1) is 25.0. The van der Waals surface area contributed by atoms with Gasteiger partial charge in [-0.2, -0.15) is 0 Å². The van der Waals surface area contributed by atoms with Crippen molar-refractivity contribution in [3.8, 4) is 0 Å². The standard InChI is InChI=1S/C43H87N2O6P/c1-6-7-8-9-10-11-12-13-14-15-16-17-18-19-20-21-22-23-24-25-26-27-28-29-30-31-32-33-34-35-36-37-43(47)42(44-41(2)46)40-51-52(48,49)50-39-38-45(3,4)5/h36-37,42-43,47H,6-35,38-40H2,1-5H3,(H-,44,46,48,49)/p+1/b37-36+. The van der Waals surface area contributed by atoms with Crippen molar-refractivity contribution in [3.63, 3.8) is 0 Å². The third-order valence-corrected chi connectivity index (χ3v) is 11.0. The van der Waals surface area contributed by atoms with Crippen LogP contribution in [0.2, 0.25) is 0 Å². The second-order valence-electron chi connectivity index (χ2n) is 16.5. The molecule has 0 radical (unpaired) electrons. The normalized spacial score (nSPS) is 14.5. The maximum absolute atomic E-state index is 12.2. The number of hydrogen-bond acceptors (Lipinski definition) is 5. The van der Waals surface area contributed by atoms with E-state index in [1.165, 1.54) is 180 Å². The smallest absolute Gasteiger partial charge is 0.387 e. The number of unbranched alkanes of at least 4 members (excludes halogenated alkanes) is 29. The van der Waals surface area contributed by atoms with Gasteiger partial charge in [-0.25, -0.2) is 4.57 Å². The Balaban J connectivity index is 3.57. The Morgan fingerprint density at radius 1 is 0.635 bits per heavy atom. The van der Waals surface area contributed by atoms with E-state index in [1.807, 2.05) is 27.2 Å². The van der Waals surface area contributed by atoms with Crippen LogP contribution in [-0.4, -0.2) is 73.4 Å². The maximum atomic E-state index is 12.2. The number of allylic oxidation sites excluding steroid dienone is 1. The van der Waals surface area contributed by atoms with Crippen molar-refractivity contribution in [1.82, 2.24) is 5.32 Å². The molecule has 0 rings (SSSR count). The molecule has 0 heterocycles. The first kappa shape index (κ1) is 51.2. The highest BCUT2D eigenvalue weighted by Crippen LogP contribution is 2.43. The van der Waals surface area contributed by atoms with Gasteiger partial charge in [-0.15, -0.1) is 0 Å². The number of likely N-dealkylation sites (N-methyl/N-ethyl adjacent to an activating group) is 1. The highest BCUT2D eigenvalue weighted by atomic mass is 31.2. The molecule has 9 heteroatoms. The van der Waals surface area contributed by atoms with Crippen molar-refractivity contribution in [2.24, 2.45) is 0 Å². The quantitative estimate of drug-likeness (QED) is 0.0249. The molecule has 0 fully saturated rings. The van der Waals surface area contributed by atoms with Crippen LogP contribution < -0.4 is 5.32 Å². The zero-order valence-corrected chi connectivity index (χ0v) is 36.0. The summed E-state index contributed by atoms with van der Waals surface area (Å²) in [5.74, 6) is -0.351. The molecule has 0 saturated carbocycles. The van der Waals surface area contributed by atoms with Crippen LogP contribution in [0.15, 0.2) is 12.2 Å². The summed E-state index contributed by atoms with van der Waals surface area (Å²) in [6.45, 7) is 3.90. The summed E-state index contributed by atoms with van der Waals surface area (Å²) < 4.78 is 22.9. The van der Waals surface area contributed by atoms with Gasteiger partial charge in [0.15, 0.2) is 0 Å². The first-order valence-electron chi connectivity index (χ1n) is 22.0. The van der Waals surface area contributed by atoms with Crippen LogP contribution >= 0.6 is 7.82 Å². The lowest BCUT2D eigenvalue weighted by molar-refractivity contribution is -0.870. The molecule has 0 aromatic carbocycles. The molecular weight excluding hydrogens is 671 g/mol. The van der Waals surface area contributed by atoms with Gasteiger partial charge in [0, 0.05) is 6.92 Å². The molecule has 0 aliphatic carbocycles. The Bertz CT molecular complexity index is 865. The number of nitrogens with zero attached hydrogens (tertiary/aromatic N) is 1. The molecule has 3 N–H and O–H groups in total. The largest absolute Gasteiger partial charge is 0.472 e.